The van der Waals surface area contributed by atoms with Gasteiger partial charge in [-0.3, -0.25) is 14.4 Å². The Balaban J connectivity index is 2.11. The largest absolute Gasteiger partial charge is 0.466 e. The van der Waals surface area contributed by atoms with E-state index in [9.17, 15) is 14.4 Å². The second kappa shape index (κ2) is 10.6. The maximum atomic E-state index is 13.5. The average molecular weight is 424 g/mol. The number of nitrogens with zero attached hydrogens (tertiary/aromatic N) is 2. The first-order chi connectivity index (χ1) is 14.1. The summed E-state index contributed by atoms with van der Waals surface area (Å²) in [6, 6.07) is -0.643. The Morgan fingerprint density at radius 2 is 1.77 bits per heavy atom. The average Bonchev–Trinajstić information content (AvgIpc) is 2.68. The molecule has 2 unspecified atom stereocenters. The quantitative estimate of drug-likeness (QED) is 0.607. The van der Waals surface area contributed by atoms with Crippen molar-refractivity contribution in [3.63, 3.8) is 0 Å². The first-order valence-corrected chi connectivity index (χ1v) is 11.6. The monoisotopic (exact) mass is 423 g/mol. The van der Waals surface area contributed by atoms with Gasteiger partial charge in [0.25, 0.3) is 0 Å². The molecular weight excluding hydrogens is 382 g/mol. The molecule has 2 aliphatic rings. The first kappa shape index (κ1) is 24.6. The van der Waals surface area contributed by atoms with Gasteiger partial charge in [0.15, 0.2) is 0 Å². The fourth-order valence-electron chi connectivity index (χ4n) is 4.47. The minimum atomic E-state index is -0.534. The van der Waals surface area contributed by atoms with Crippen LogP contribution in [-0.2, 0) is 19.1 Å². The molecule has 2 saturated heterocycles. The van der Waals surface area contributed by atoms with E-state index in [1.807, 2.05) is 23.6 Å². The van der Waals surface area contributed by atoms with Crippen molar-refractivity contribution in [1.29, 1.82) is 0 Å². The van der Waals surface area contributed by atoms with Crippen molar-refractivity contribution in [2.45, 2.75) is 79.3 Å². The lowest BCUT2D eigenvalue weighted by Gasteiger charge is -2.43. The maximum Gasteiger partial charge on any atom is 0.311 e. The van der Waals surface area contributed by atoms with E-state index in [4.69, 9.17) is 4.74 Å². The Morgan fingerprint density at radius 1 is 1.13 bits per heavy atom. The van der Waals surface area contributed by atoms with Crippen LogP contribution in [0.15, 0.2) is 0 Å². The van der Waals surface area contributed by atoms with Crippen LogP contribution < -0.4 is 5.32 Å². The predicted molar refractivity (Wildman–Crippen MR) is 117 cm³/mol. The molecule has 0 aromatic carbocycles. The van der Waals surface area contributed by atoms with E-state index < -0.39 is 11.5 Å². The fourth-order valence-corrected chi connectivity index (χ4v) is 4.47. The van der Waals surface area contributed by atoms with Crippen molar-refractivity contribution in [3.8, 4) is 0 Å². The van der Waals surface area contributed by atoms with Crippen LogP contribution >= 0.6 is 0 Å². The van der Waals surface area contributed by atoms with E-state index in [2.05, 4.69) is 33.0 Å². The molecule has 7 heteroatoms. The zero-order valence-electron chi connectivity index (χ0n) is 19.7. The lowest BCUT2D eigenvalue weighted by atomic mass is 9.80. The molecule has 2 atom stereocenters. The van der Waals surface area contributed by atoms with Crippen LogP contribution in [0.2, 0.25) is 0 Å². The molecule has 0 aliphatic carbocycles. The normalized spacial score (nSPS) is 23.1. The molecule has 0 radical (unpaired) electrons. The molecule has 2 amide bonds. The van der Waals surface area contributed by atoms with Gasteiger partial charge >= 0.3 is 5.97 Å². The number of esters is 1. The maximum absolute atomic E-state index is 13.5. The van der Waals surface area contributed by atoms with E-state index in [-0.39, 0.29) is 23.8 Å². The Bertz CT molecular complexity index is 612. The second-order valence-corrected chi connectivity index (χ2v) is 9.92. The SMILES string of the molecule is CCOC(=O)C1(C)CCN(C(=O)C(CC(C)C)N2CCNC(CC(C)C)C2=O)CC1. The molecule has 2 fully saturated rings. The predicted octanol–water partition coefficient (Wildman–Crippen LogP) is 2.44. The lowest BCUT2D eigenvalue weighted by Crippen LogP contribution is -2.62. The summed E-state index contributed by atoms with van der Waals surface area (Å²) in [7, 11) is 0. The molecule has 0 saturated carbocycles. The molecule has 7 nitrogen and oxygen atoms in total. The van der Waals surface area contributed by atoms with Gasteiger partial charge in [0, 0.05) is 26.2 Å². The highest BCUT2D eigenvalue weighted by atomic mass is 16.5. The summed E-state index contributed by atoms with van der Waals surface area (Å²) in [6.45, 7) is 14.8. The number of carbonyl (C=O) groups is 3. The Kier molecular flexibility index (Phi) is 8.71. The molecule has 172 valence electrons. The summed E-state index contributed by atoms with van der Waals surface area (Å²) in [6.07, 6.45) is 2.62. The summed E-state index contributed by atoms with van der Waals surface area (Å²) in [5.74, 6) is 0.605. The highest BCUT2D eigenvalue weighted by molar-refractivity contribution is 5.90. The van der Waals surface area contributed by atoms with E-state index >= 15 is 0 Å². The van der Waals surface area contributed by atoms with Gasteiger partial charge in [-0.25, -0.2) is 0 Å². The molecule has 30 heavy (non-hydrogen) atoms. The summed E-state index contributed by atoms with van der Waals surface area (Å²) < 4.78 is 5.23. The van der Waals surface area contributed by atoms with Gasteiger partial charge in [-0.05, 0) is 51.4 Å². The molecule has 0 spiro atoms. The van der Waals surface area contributed by atoms with E-state index in [0.717, 1.165) is 6.42 Å². The number of likely N-dealkylation sites (tertiary alicyclic amines) is 1. The third-order valence-corrected chi connectivity index (χ3v) is 6.33. The highest BCUT2D eigenvalue weighted by Gasteiger charge is 2.43. The molecule has 1 N–H and O–H groups in total. The van der Waals surface area contributed by atoms with Crippen LogP contribution in [0, 0.1) is 17.3 Å². The minimum absolute atomic E-state index is 0.0214. The summed E-state index contributed by atoms with van der Waals surface area (Å²) in [5, 5.41) is 3.32. The number of nitrogens with one attached hydrogen (secondary N) is 1. The van der Waals surface area contributed by atoms with Gasteiger partial charge in [-0.2, -0.15) is 0 Å². The van der Waals surface area contributed by atoms with Gasteiger partial charge in [0.05, 0.1) is 18.1 Å². The minimum Gasteiger partial charge on any atom is -0.466 e. The van der Waals surface area contributed by atoms with Crippen molar-refractivity contribution >= 4 is 17.8 Å². The molecule has 2 aliphatic heterocycles. The van der Waals surface area contributed by atoms with Crippen LogP contribution in [0.5, 0.6) is 0 Å². The van der Waals surface area contributed by atoms with Crippen molar-refractivity contribution in [2.75, 3.05) is 32.8 Å². The topological polar surface area (TPSA) is 79.0 Å². The fraction of sp³-hybridized carbons (Fsp3) is 0.870. The number of ether oxygens (including phenoxy) is 1. The molecular formula is C23H41N3O4. The van der Waals surface area contributed by atoms with Crippen LogP contribution in [-0.4, -0.2) is 72.5 Å². The number of hydrogen-bond donors (Lipinski definition) is 1. The van der Waals surface area contributed by atoms with Gasteiger partial charge < -0.3 is 19.9 Å². The second-order valence-electron chi connectivity index (χ2n) is 9.92. The zero-order chi connectivity index (χ0) is 22.5. The Hall–Kier alpha value is -1.63. The number of piperidine rings is 1. The van der Waals surface area contributed by atoms with Crippen molar-refractivity contribution in [1.82, 2.24) is 15.1 Å². The number of piperazine rings is 1. The van der Waals surface area contributed by atoms with Gasteiger partial charge in [0.1, 0.15) is 6.04 Å². The Morgan fingerprint density at radius 3 is 2.30 bits per heavy atom. The van der Waals surface area contributed by atoms with Crippen molar-refractivity contribution in [2.24, 2.45) is 17.3 Å². The number of rotatable bonds is 8. The standard InChI is InChI=1S/C23H41N3O4/c1-7-30-22(29)23(6)8-11-25(12-9-23)21(28)19(15-17(4)5)26-13-10-24-18(20(26)27)14-16(2)3/h16-19,24H,7-15H2,1-6H3. The lowest BCUT2D eigenvalue weighted by molar-refractivity contribution is -0.160. The van der Waals surface area contributed by atoms with E-state index in [1.165, 1.54) is 0 Å². The summed E-state index contributed by atoms with van der Waals surface area (Å²) in [5.41, 5.74) is -0.534. The number of carbonyl (C=O) groups excluding carboxylic acids is 3. The van der Waals surface area contributed by atoms with E-state index in [0.29, 0.717) is 63.9 Å². The van der Waals surface area contributed by atoms with Crippen molar-refractivity contribution in [3.05, 3.63) is 0 Å². The van der Waals surface area contributed by atoms with Crippen molar-refractivity contribution < 1.29 is 19.1 Å². The van der Waals surface area contributed by atoms with Crippen LogP contribution in [0.25, 0.3) is 0 Å². The van der Waals surface area contributed by atoms with Gasteiger partial charge in [-0.1, -0.05) is 27.7 Å². The van der Waals surface area contributed by atoms with Crippen LogP contribution in [0.4, 0.5) is 0 Å². The van der Waals surface area contributed by atoms with E-state index in [1.54, 1.807) is 0 Å². The molecule has 0 aromatic heterocycles. The number of amides is 2. The third-order valence-electron chi connectivity index (χ3n) is 6.33. The third kappa shape index (κ3) is 5.96. The molecule has 2 heterocycles. The van der Waals surface area contributed by atoms with Gasteiger partial charge in [-0.15, -0.1) is 0 Å². The number of hydrogen-bond acceptors (Lipinski definition) is 5. The summed E-state index contributed by atoms with van der Waals surface area (Å²) >= 11 is 0. The highest BCUT2D eigenvalue weighted by Crippen LogP contribution is 2.33. The molecule has 0 bridgehead atoms. The zero-order valence-corrected chi connectivity index (χ0v) is 19.7. The summed E-state index contributed by atoms with van der Waals surface area (Å²) in [4.78, 5) is 42.6. The first-order valence-electron chi connectivity index (χ1n) is 11.6. The van der Waals surface area contributed by atoms with Gasteiger partial charge in [0.2, 0.25) is 11.8 Å². The van der Waals surface area contributed by atoms with Crippen LogP contribution in [0.3, 0.4) is 0 Å². The molecule has 2 rings (SSSR count). The smallest absolute Gasteiger partial charge is 0.311 e. The van der Waals surface area contributed by atoms with Crippen LogP contribution in [0.1, 0.15) is 67.2 Å². The Labute approximate surface area is 181 Å². The molecule has 0 aromatic rings.